The molecule has 1 saturated carbocycles. The van der Waals surface area contributed by atoms with Gasteiger partial charge in [-0.05, 0) is 30.6 Å². The molecule has 6 heteroatoms. The van der Waals surface area contributed by atoms with Crippen LogP contribution in [0.4, 0.5) is 0 Å². The van der Waals surface area contributed by atoms with E-state index in [4.69, 9.17) is 0 Å². The first kappa shape index (κ1) is 19.2. The van der Waals surface area contributed by atoms with Crippen LogP contribution in [-0.2, 0) is 9.59 Å². The zero-order chi connectivity index (χ0) is 15.7. The number of likely N-dealkylation sites (tertiary alicyclic amines) is 1. The molecule has 0 spiro atoms. The van der Waals surface area contributed by atoms with Crippen molar-refractivity contribution < 1.29 is 14.7 Å². The van der Waals surface area contributed by atoms with Crippen molar-refractivity contribution in [1.82, 2.24) is 10.2 Å². The van der Waals surface area contributed by atoms with Gasteiger partial charge in [0.2, 0.25) is 5.91 Å². The third-order valence-corrected chi connectivity index (χ3v) is 4.93. The summed E-state index contributed by atoms with van der Waals surface area (Å²) in [4.78, 5) is 25.6. The SMILES string of the molecule is CC(C)(C)CCNC(=O)CN1C[C@@H]2CCC[C@@]2(C(=O)O)C1.Cl. The molecule has 0 radical (unpaired) electrons. The minimum atomic E-state index is -0.680. The van der Waals surface area contributed by atoms with E-state index in [-0.39, 0.29) is 29.6 Å². The number of carboxylic acid groups (broad SMARTS) is 1. The van der Waals surface area contributed by atoms with Crippen molar-refractivity contribution in [3.63, 3.8) is 0 Å². The lowest BCUT2D eigenvalue weighted by molar-refractivity contribution is -0.149. The van der Waals surface area contributed by atoms with Gasteiger partial charge in [0.05, 0.1) is 12.0 Å². The van der Waals surface area contributed by atoms with Crippen LogP contribution in [0.15, 0.2) is 0 Å². The molecular formula is C16H29ClN2O3. The van der Waals surface area contributed by atoms with E-state index in [1.54, 1.807) is 0 Å². The fourth-order valence-corrected chi connectivity index (χ4v) is 3.70. The average Bonchev–Trinajstić information content (AvgIpc) is 2.84. The molecule has 2 atom stereocenters. The number of fused-ring (bicyclic) bond motifs is 1. The first-order chi connectivity index (χ1) is 9.73. The summed E-state index contributed by atoms with van der Waals surface area (Å²) < 4.78 is 0. The van der Waals surface area contributed by atoms with E-state index >= 15 is 0 Å². The first-order valence-corrected chi connectivity index (χ1v) is 7.95. The zero-order valence-electron chi connectivity index (χ0n) is 13.9. The van der Waals surface area contributed by atoms with E-state index in [2.05, 4.69) is 26.1 Å². The van der Waals surface area contributed by atoms with Gasteiger partial charge in [-0.3, -0.25) is 14.5 Å². The van der Waals surface area contributed by atoms with Crippen LogP contribution in [0, 0.1) is 16.7 Å². The Morgan fingerprint density at radius 3 is 2.59 bits per heavy atom. The van der Waals surface area contributed by atoms with Crippen molar-refractivity contribution in [2.45, 2.75) is 46.5 Å². The predicted octanol–water partition coefficient (Wildman–Crippen LogP) is 2.15. The van der Waals surface area contributed by atoms with Crippen LogP contribution < -0.4 is 5.32 Å². The highest BCUT2D eigenvalue weighted by atomic mass is 35.5. The number of aliphatic carboxylic acids is 1. The standard InChI is InChI=1S/C16H28N2O3.ClH/c1-15(2,3)7-8-17-13(19)10-18-9-12-5-4-6-16(12,11-18)14(20)21;/h12H,4-11H2,1-3H3,(H,17,19)(H,20,21);1H/t12-,16+;/m0./s1. The number of nitrogens with zero attached hydrogens (tertiary/aromatic N) is 1. The van der Waals surface area contributed by atoms with Gasteiger partial charge < -0.3 is 10.4 Å². The summed E-state index contributed by atoms with van der Waals surface area (Å²) in [5, 5.41) is 12.5. The lowest BCUT2D eigenvalue weighted by Crippen LogP contribution is -2.40. The maximum atomic E-state index is 12.0. The van der Waals surface area contributed by atoms with Crippen LogP contribution in [-0.4, -0.2) is 48.1 Å². The molecule has 1 aliphatic carbocycles. The molecule has 128 valence electrons. The summed E-state index contributed by atoms with van der Waals surface area (Å²) in [6, 6.07) is 0. The largest absolute Gasteiger partial charge is 0.481 e. The van der Waals surface area contributed by atoms with Crippen molar-refractivity contribution in [1.29, 1.82) is 0 Å². The molecule has 1 aliphatic heterocycles. The van der Waals surface area contributed by atoms with Crippen LogP contribution in [0.1, 0.15) is 46.5 Å². The maximum absolute atomic E-state index is 12.0. The Kier molecular flexibility index (Phi) is 6.27. The van der Waals surface area contributed by atoms with Crippen LogP contribution in [0.25, 0.3) is 0 Å². The molecule has 2 aliphatic rings. The van der Waals surface area contributed by atoms with Crippen molar-refractivity contribution in [2.75, 3.05) is 26.2 Å². The second-order valence-corrected chi connectivity index (χ2v) is 7.88. The third kappa shape index (κ3) is 4.35. The minimum Gasteiger partial charge on any atom is -0.481 e. The van der Waals surface area contributed by atoms with E-state index in [9.17, 15) is 14.7 Å². The summed E-state index contributed by atoms with van der Waals surface area (Å²) in [6.07, 6.45) is 3.69. The van der Waals surface area contributed by atoms with Crippen LogP contribution in [0.3, 0.4) is 0 Å². The molecular weight excluding hydrogens is 304 g/mol. The van der Waals surface area contributed by atoms with Gasteiger partial charge in [0.25, 0.3) is 0 Å². The summed E-state index contributed by atoms with van der Waals surface area (Å²) in [5.74, 6) is -0.447. The van der Waals surface area contributed by atoms with Gasteiger partial charge >= 0.3 is 5.97 Å². The molecule has 0 aromatic heterocycles. The Hall–Kier alpha value is -0.810. The molecule has 2 rings (SSSR count). The monoisotopic (exact) mass is 332 g/mol. The highest BCUT2D eigenvalue weighted by Crippen LogP contribution is 2.48. The van der Waals surface area contributed by atoms with Crippen LogP contribution in [0.5, 0.6) is 0 Å². The van der Waals surface area contributed by atoms with E-state index in [0.717, 1.165) is 32.2 Å². The number of carboxylic acids is 1. The average molecular weight is 333 g/mol. The number of hydrogen-bond acceptors (Lipinski definition) is 3. The number of hydrogen-bond donors (Lipinski definition) is 2. The molecule has 1 amide bonds. The summed E-state index contributed by atoms with van der Waals surface area (Å²) >= 11 is 0. The Morgan fingerprint density at radius 1 is 1.36 bits per heavy atom. The zero-order valence-corrected chi connectivity index (χ0v) is 14.7. The lowest BCUT2D eigenvalue weighted by Gasteiger charge is -2.23. The highest BCUT2D eigenvalue weighted by Gasteiger charge is 2.54. The van der Waals surface area contributed by atoms with Gasteiger partial charge in [-0.15, -0.1) is 12.4 Å². The number of carbonyl (C=O) groups excluding carboxylic acids is 1. The molecule has 0 aromatic rings. The summed E-state index contributed by atoms with van der Waals surface area (Å²) in [7, 11) is 0. The van der Waals surface area contributed by atoms with Gasteiger partial charge in [0.1, 0.15) is 0 Å². The molecule has 0 bridgehead atoms. The number of amides is 1. The maximum Gasteiger partial charge on any atom is 0.311 e. The van der Waals surface area contributed by atoms with Gasteiger partial charge in [-0.25, -0.2) is 0 Å². The molecule has 22 heavy (non-hydrogen) atoms. The number of nitrogens with one attached hydrogen (secondary N) is 1. The summed E-state index contributed by atoms with van der Waals surface area (Å²) in [5.41, 5.74) is -0.378. The molecule has 0 aromatic carbocycles. The Balaban J connectivity index is 0.00000242. The molecule has 2 fully saturated rings. The van der Waals surface area contributed by atoms with E-state index in [1.165, 1.54) is 0 Å². The van der Waals surface area contributed by atoms with E-state index in [0.29, 0.717) is 19.6 Å². The smallest absolute Gasteiger partial charge is 0.311 e. The van der Waals surface area contributed by atoms with Crippen LogP contribution >= 0.6 is 12.4 Å². The lowest BCUT2D eigenvalue weighted by atomic mass is 9.81. The van der Waals surface area contributed by atoms with E-state index < -0.39 is 11.4 Å². The molecule has 0 unspecified atom stereocenters. The minimum absolute atomic E-state index is 0. The Morgan fingerprint density at radius 2 is 2.05 bits per heavy atom. The van der Waals surface area contributed by atoms with Crippen LogP contribution in [0.2, 0.25) is 0 Å². The Bertz CT molecular complexity index is 422. The van der Waals surface area contributed by atoms with Crippen molar-refractivity contribution in [3.05, 3.63) is 0 Å². The molecule has 5 nitrogen and oxygen atoms in total. The highest BCUT2D eigenvalue weighted by molar-refractivity contribution is 5.85. The van der Waals surface area contributed by atoms with Gasteiger partial charge in [0, 0.05) is 19.6 Å². The van der Waals surface area contributed by atoms with Crippen molar-refractivity contribution in [3.8, 4) is 0 Å². The second-order valence-electron chi connectivity index (χ2n) is 7.88. The van der Waals surface area contributed by atoms with Gasteiger partial charge in [0.15, 0.2) is 0 Å². The summed E-state index contributed by atoms with van der Waals surface area (Å²) in [6.45, 7) is 8.74. The number of carbonyl (C=O) groups is 2. The van der Waals surface area contributed by atoms with Crippen molar-refractivity contribution in [2.24, 2.45) is 16.7 Å². The quantitative estimate of drug-likeness (QED) is 0.809. The normalized spacial score (nSPS) is 28.0. The second kappa shape index (κ2) is 7.18. The van der Waals surface area contributed by atoms with Crippen molar-refractivity contribution >= 4 is 24.3 Å². The molecule has 1 saturated heterocycles. The fraction of sp³-hybridized carbons (Fsp3) is 0.875. The predicted molar refractivity (Wildman–Crippen MR) is 88.2 cm³/mol. The third-order valence-electron chi connectivity index (χ3n) is 4.93. The topological polar surface area (TPSA) is 69.6 Å². The molecule has 2 N–H and O–H groups in total. The fourth-order valence-electron chi connectivity index (χ4n) is 3.70. The number of halogens is 1. The Labute approximate surface area is 139 Å². The number of rotatable bonds is 5. The van der Waals surface area contributed by atoms with Gasteiger partial charge in [-0.1, -0.05) is 27.2 Å². The molecule has 1 heterocycles. The first-order valence-electron chi connectivity index (χ1n) is 7.95. The van der Waals surface area contributed by atoms with E-state index in [1.807, 2.05) is 4.90 Å². The van der Waals surface area contributed by atoms with Gasteiger partial charge in [-0.2, -0.15) is 0 Å².